The van der Waals surface area contributed by atoms with Gasteiger partial charge < -0.3 is 14.4 Å². The third-order valence-corrected chi connectivity index (χ3v) is 3.16. The maximum Gasteiger partial charge on any atom is 0.280 e. The van der Waals surface area contributed by atoms with E-state index in [9.17, 15) is 15.2 Å². The van der Waals surface area contributed by atoms with E-state index in [0.29, 0.717) is 30.4 Å². The Bertz CT molecular complexity index is 654. The van der Waals surface area contributed by atoms with Gasteiger partial charge in [0.25, 0.3) is 5.69 Å². The lowest BCUT2D eigenvalue weighted by atomic mass is 10.1. The molecule has 1 heterocycles. The number of aromatic nitrogens is 3. The summed E-state index contributed by atoms with van der Waals surface area (Å²) in [5.41, 5.74) is 1.09. The molecule has 0 saturated carbocycles. The van der Waals surface area contributed by atoms with E-state index in [2.05, 4.69) is 10.2 Å². The zero-order valence-corrected chi connectivity index (χ0v) is 11.8. The van der Waals surface area contributed by atoms with Gasteiger partial charge >= 0.3 is 0 Å². The van der Waals surface area contributed by atoms with Crippen LogP contribution in [0.3, 0.4) is 0 Å². The van der Waals surface area contributed by atoms with E-state index in [4.69, 9.17) is 4.74 Å². The Morgan fingerprint density at radius 1 is 1.43 bits per heavy atom. The topological polar surface area (TPSA) is 103 Å². The second-order valence-corrected chi connectivity index (χ2v) is 4.47. The molecule has 0 aliphatic rings. The summed E-state index contributed by atoms with van der Waals surface area (Å²) in [5.74, 6) is 0.709. The van der Waals surface area contributed by atoms with Crippen LogP contribution in [0.1, 0.15) is 11.4 Å². The number of hydrogen-bond donors (Lipinski definition) is 1. The van der Waals surface area contributed by atoms with Crippen LogP contribution in [0.25, 0.3) is 11.4 Å². The number of rotatable bonds is 6. The Hall–Kier alpha value is -2.32. The molecule has 8 heteroatoms. The Labute approximate surface area is 121 Å². The summed E-state index contributed by atoms with van der Waals surface area (Å²) in [4.78, 5) is 10.8. The molecule has 2 rings (SSSR count). The molecule has 1 aromatic carbocycles. The largest absolute Gasteiger partial charge is 0.388 e. The molecule has 2 aromatic rings. The number of hydrogen-bond acceptors (Lipinski definition) is 6. The second kappa shape index (κ2) is 6.42. The van der Waals surface area contributed by atoms with Crippen LogP contribution in [0, 0.1) is 17.0 Å². The van der Waals surface area contributed by atoms with Crippen LogP contribution in [0.4, 0.5) is 5.69 Å². The molecular weight excluding hydrogens is 276 g/mol. The molecule has 0 fully saturated rings. The lowest BCUT2D eigenvalue weighted by Gasteiger charge is -2.10. The highest BCUT2D eigenvalue weighted by Gasteiger charge is 2.23. The molecule has 1 N–H and O–H groups in total. The zero-order chi connectivity index (χ0) is 15.4. The van der Waals surface area contributed by atoms with Crippen molar-refractivity contribution < 1.29 is 14.8 Å². The van der Waals surface area contributed by atoms with E-state index in [-0.39, 0.29) is 12.3 Å². The lowest BCUT2D eigenvalue weighted by molar-refractivity contribution is -0.384. The highest BCUT2D eigenvalue weighted by molar-refractivity contribution is 5.72. The quantitative estimate of drug-likeness (QED) is 0.635. The smallest absolute Gasteiger partial charge is 0.280 e. The van der Waals surface area contributed by atoms with Crippen LogP contribution < -0.4 is 0 Å². The van der Waals surface area contributed by atoms with Gasteiger partial charge in [-0.05, 0) is 12.5 Å². The Morgan fingerprint density at radius 2 is 2.19 bits per heavy atom. The summed E-state index contributed by atoms with van der Waals surface area (Å²) < 4.78 is 6.66. The first kappa shape index (κ1) is 15.1. The van der Waals surface area contributed by atoms with Crippen molar-refractivity contribution in [3.63, 3.8) is 0 Å². The number of nitro groups is 1. The lowest BCUT2D eigenvalue weighted by Crippen LogP contribution is -2.11. The van der Waals surface area contributed by atoms with Gasteiger partial charge in [-0.1, -0.05) is 12.1 Å². The van der Waals surface area contributed by atoms with Crippen LogP contribution in [0.5, 0.6) is 0 Å². The minimum atomic E-state index is -0.448. The molecule has 21 heavy (non-hydrogen) atoms. The standard InChI is InChI=1S/C13H16N4O4/c1-9-4-3-5-10(17(19)20)12(9)13-15-14-11(8-18)16(13)6-7-21-2/h3-5,18H,6-8H2,1-2H3. The molecule has 0 aliphatic heterocycles. The second-order valence-electron chi connectivity index (χ2n) is 4.47. The number of methoxy groups -OCH3 is 1. The predicted molar refractivity (Wildman–Crippen MR) is 74.6 cm³/mol. The van der Waals surface area contributed by atoms with Gasteiger partial charge in [0.2, 0.25) is 0 Å². The van der Waals surface area contributed by atoms with E-state index in [0.717, 1.165) is 5.56 Å². The molecule has 0 bridgehead atoms. The van der Waals surface area contributed by atoms with Gasteiger partial charge in [0.1, 0.15) is 6.61 Å². The van der Waals surface area contributed by atoms with Crippen LogP contribution >= 0.6 is 0 Å². The number of nitrogens with zero attached hydrogens (tertiary/aromatic N) is 4. The van der Waals surface area contributed by atoms with Gasteiger partial charge in [-0.15, -0.1) is 10.2 Å². The SMILES string of the molecule is COCCn1c(CO)nnc1-c1c(C)cccc1[N+](=O)[O-]. The van der Waals surface area contributed by atoms with E-state index in [1.165, 1.54) is 6.07 Å². The van der Waals surface area contributed by atoms with Gasteiger partial charge in [-0.3, -0.25) is 10.1 Å². The van der Waals surface area contributed by atoms with Gasteiger partial charge in [0.15, 0.2) is 11.6 Å². The monoisotopic (exact) mass is 292 g/mol. The third kappa shape index (κ3) is 2.91. The van der Waals surface area contributed by atoms with Gasteiger partial charge in [0.05, 0.1) is 17.1 Å². The van der Waals surface area contributed by atoms with Crippen LogP contribution in [-0.2, 0) is 17.9 Å². The van der Waals surface area contributed by atoms with Crippen LogP contribution in [0.2, 0.25) is 0 Å². The normalized spacial score (nSPS) is 10.8. The first-order chi connectivity index (χ1) is 10.1. The summed E-state index contributed by atoms with van der Waals surface area (Å²) in [7, 11) is 1.55. The summed E-state index contributed by atoms with van der Waals surface area (Å²) in [6, 6.07) is 4.83. The van der Waals surface area contributed by atoms with E-state index in [1.807, 2.05) is 0 Å². The average molecular weight is 292 g/mol. The van der Waals surface area contributed by atoms with Crippen LogP contribution in [0.15, 0.2) is 18.2 Å². The van der Waals surface area contributed by atoms with Crippen molar-refractivity contribution in [2.75, 3.05) is 13.7 Å². The number of aryl methyl sites for hydroxylation is 1. The fourth-order valence-electron chi connectivity index (χ4n) is 2.15. The maximum absolute atomic E-state index is 11.2. The Morgan fingerprint density at radius 3 is 2.81 bits per heavy atom. The van der Waals surface area contributed by atoms with E-state index in [1.54, 1.807) is 30.7 Å². The third-order valence-electron chi connectivity index (χ3n) is 3.16. The van der Waals surface area contributed by atoms with Gasteiger partial charge in [-0.25, -0.2) is 0 Å². The van der Waals surface area contributed by atoms with Crippen molar-refractivity contribution in [3.8, 4) is 11.4 Å². The fraction of sp³-hybridized carbons (Fsp3) is 0.385. The van der Waals surface area contributed by atoms with Crippen molar-refractivity contribution in [1.82, 2.24) is 14.8 Å². The number of nitro benzene ring substituents is 1. The first-order valence-electron chi connectivity index (χ1n) is 6.36. The minimum absolute atomic E-state index is 0.0365. The summed E-state index contributed by atoms with van der Waals surface area (Å²) in [6.45, 7) is 2.27. The van der Waals surface area contributed by atoms with E-state index < -0.39 is 4.92 Å². The maximum atomic E-state index is 11.2. The molecule has 0 radical (unpaired) electrons. The molecule has 0 spiro atoms. The van der Waals surface area contributed by atoms with Crippen LogP contribution in [-0.4, -0.2) is 38.5 Å². The van der Waals surface area contributed by atoms with Crippen molar-refractivity contribution in [1.29, 1.82) is 0 Å². The first-order valence-corrected chi connectivity index (χ1v) is 6.36. The molecule has 112 valence electrons. The van der Waals surface area contributed by atoms with Gasteiger partial charge in [0, 0.05) is 19.7 Å². The number of aliphatic hydroxyl groups is 1. The molecule has 8 nitrogen and oxygen atoms in total. The van der Waals surface area contributed by atoms with Crippen molar-refractivity contribution in [2.24, 2.45) is 0 Å². The summed E-state index contributed by atoms with van der Waals surface area (Å²) in [6.07, 6.45) is 0. The average Bonchev–Trinajstić information content (AvgIpc) is 2.87. The summed E-state index contributed by atoms with van der Waals surface area (Å²) in [5, 5.41) is 28.4. The number of benzene rings is 1. The van der Waals surface area contributed by atoms with Crippen molar-refractivity contribution >= 4 is 5.69 Å². The van der Waals surface area contributed by atoms with Crippen molar-refractivity contribution in [2.45, 2.75) is 20.1 Å². The highest BCUT2D eigenvalue weighted by Crippen LogP contribution is 2.32. The zero-order valence-electron chi connectivity index (χ0n) is 11.8. The summed E-state index contributed by atoms with van der Waals surface area (Å²) >= 11 is 0. The Kier molecular flexibility index (Phi) is 4.61. The Balaban J connectivity index is 2.61. The molecule has 1 aromatic heterocycles. The minimum Gasteiger partial charge on any atom is -0.388 e. The highest BCUT2D eigenvalue weighted by atomic mass is 16.6. The molecular formula is C13H16N4O4. The molecule has 0 unspecified atom stereocenters. The molecule has 0 aliphatic carbocycles. The molecule has 0 amide bonds. The molecule has 0 atom stereocenters. The predicted octanol–water partition coefficient (Wildman–Crippen LogP) is 1.30. The number of ether oxygens (including phenoxy) is 1. The fourth-order valence-corrected chi connectivity index (χ4v) is 2.15. The van der Waals surface area contributed by atoms with Gasteiger partial charge in [-0.2, -0.15) is 0 Å². The molecule has 0 saturated heterocycles. The van der Waals surface area contributed by atoms with E-state index >= 15 is 0 Å². The van der Waals surface area contributed by atoms with Crippen molar-refractivity contribution in [3.05, 3.63) is 39.7 Å². The number of aliphatic hydroxyl groups excluding tert-OH is 1.